The fourth-order valence-electron chi connectivity index (χ4n) is 1.75. The van der Waals surface area contributed by atoms with Crippen LogP contribution in [0.2, 0.25) is 0 Å². The third-order valence-corrected chi connectivity index (χ3v) is 2.71. The molecule has 7 nitrogen and oxygen atoms in total. The van der Waals surface area contributed by atoms with Crippen molar-refractivity contribution in [1.82, 2.24) is 5.48 Å². The molecule has 0 unspecified atom stereocenters. The molecular weight excluding hydrogens is 484 g/mol. The number of hydrogen-bond acceptors (Lipinski definition) is 4. The number of rotatable bonds is 3. The Labute approximate surface area is 149 Å². The third-order valence-electron chi connectivity index (χ3n) is 2.71. The topological polar surface area (TPSA) is 103 Å². The monoisotopic (exact) mass is 495 g/mol. The number of ether oxygens (including phenoxy) is 1. The van der Waals surface area contributed by atoms with Gasteiger partial charge < -0.3 is 10.5 Å². The number of carbonyl (C=O) groups excluding carboxylic acids is 2. The minimum Gasteiger partial charge on any atom is -0.674 e. The minimum atomic E-state index is -0.975. The Morgan fingerprint density at radius 1 is 1.60 bits per heavy atom. The average molecular weight is 495 g/mol. The Bertz CT molecular complexity index is 528. The Kier molecular flexibility index (Phi) is 6.33. The molecule has 1 radical (unpaired) electrons. The van der Waals surface area contributed by atoms with E-state index in [1.54, 1.807) is 0 Å². The van der Waals surface area contributed by atoms with Crippen LogP contribution in [0, 0.1) is 49.9 Å². The predicted molar refractivity (Wildman–Crippen MR) is 62.5 cm³/mol. The number of cyclic esters (lactones) is 1. The molecule has 20 heavy (non-hydrogen) atoms. The molecular formula is C11H11AcFN3O4-. The Morgan fingerprint density at radius 2 is 2.30 bits per heavy atom. The summed E-state index contributed by atoms with van der Waals surface area (Å²) >= 11 is 0. The second-order valence-corrected chi connectivity index (χ2v) is 3.93. The molecule has 1 saturated heterocycles. The van der Waals surface area contributed by atoms with Crippen molar-refractivity contribution >= 4 is 17.7 Å². The summed E-state index contributed by atoms with van der Waals surface area (Å²) < 4.78 is 18.5. The van der Waals surface area contributed by atoms with Crippen LogP contribution in [0.25, 0.3) is 5.73 Å². The van der Waals surface area contributed by atoms with E-state index in [0.717, 1.165) is 12.1 Å². The maximum Gasteiger partial charge on any atom is 0.414 e. The summed E-state index contributed by atoms with van der Waals surface area (Å²) in [6, 6.07) is 3.51. The van der Waals surface area contributed by atoms with Gasteiger partial charge in [-0.25, -0.2) is 14.7 Å². The van der Waals surface area contributed by atoms with E-state index in [9.17, 15) is 14.0 Å². The summed E-state index contributed by atoms with van der Waals surface area (Å²) in [5, 5.41) is 8.43. The molecule has 3 N–H and O–H groups in total. The van der Waals surface area contributed by atoms with E-state index in [2.05, 4.69) is 0 Å². The van der Waals surface area contributed by atoms with Gasteiger partial charge >= 0.3 is 6.09 Å². The first-order chi connectivity index (χ1) is 9.06. The van der Waals surface area contributed by atoms with E-state index in [0.29, 0.717) is 0 Å². The number of amides is 2. The van der Waals surface area contributed by atoms with Crippen LogP contribution in [0.4, 0.5) is 14.9 Å². The molecule has 2 amide bonds. The fraction of sp³-hybridized carbons (Fsp3) is 0.273. The van der Waals surface area contributed by atoms with E-state index in [1.807, 2.05) is 0 Å². The van der Waals surface area contributed by atoms with E-state index in [1.165, 1.54) is 16.4 Å². The summed E-state index contributed by atoms with van der Waals surface area (Å²) in [6.45, 7) is 0.0863. The van der Waals surface area contributed by atoms with Gasteiger partial charge in [-0.05, 0) is 18.2 Å². The number of halogens is 1. The van der Waals surface area contributed by atoms with Gasteiger partial charge in [0.2, 0.25) is 0 Å². The van der Waals surface area contributed by atoms with E-state index < -0.39 is 23.9 Å². The molecule has 1 heterocycles. The quantitative estimate of drug-likeness (QED) is 0.488. The number of nitrogens with zero attached hydrogens (tertiary/aromatic N) is 1. The fourth-order valence-corrected chi connectivity index (χ4v) is 1.75. The van der Waals surface area contributed by atoms with Gasteiger partial charge in [0.05, 0.1) is 17.8 Å². The number of nitrogens with one attached hydrogen (secondary N) is 2. The molecule has 105 valence electrons. The summed E-state index contributed by atoms with van der Waals surface area (Å²) in [4.78, 5) is 23.8. The van der Waals surface area contributed by atoms with Gasteiger partial charge in [-0.3, -0.25) is 14.9 Å². The average Bonchev–Trinajstić information content (AvgIpc) is 2.79. The van der Waals surface area contributed by atoms with E-state index in [-0.39, 0.29) is 68.4 Å². The standard InChI is InChI=1S/C11H11FN3O4.Ac/c12-9-3-6(1-2-8(9)10(16)14-18)15-5-7(4-13)19-11(15)17;/h1-3,7,13,18H,4-5H2,(H,14,16);/q-1;/t7-;/m0./s1. The van der Waals surface area contributed by atoms with Crippen molar-refractivity contribution in [2.75, 3.05) is 18.0 Å². The Balaban J connectivity index is 0.00000200. The molecule has 0 saturated carbocycles. The molecule has 1 aliphatic rings. The van der Waals surface area contributed by atoms with Crippen LogP contribution >= 0.6 is 0 Å². The van der Waals surface area contributed by atoms with Gasteiger partial charge in [0.25, 0.3) is 5.91 Å². The van der Waals surface area contributed by atoms with Crippen molar-refractivity contribution < 1.29 is 68.0 Å². The summed E-state index contributed by atoms with van der Waals surface area (Å²) in [7, 11) is 0. The second kappa shape index (κ2) is 7.31. The van der Waals surface area contributed by atoms with Crippen molar-refractivity contribution in [1.29, 1.82) is 0 Å². The Hall–Kier alpha value is -0.748. The SMILES string of the molecule is [Ac].[NH-]C[C@H]1CN(c2ccc(C(=O)NO)c(F)c2)C(=O)O1. The molecule has 9 heteroatoms. The van der Waals surface area contributed by atoms with Crippen molar-refractivity contribution in [3.63, 3.8) is 0 Å². The zero-order chi connectivity index (χ0) is 14.0. The smallest absolute Gasteiger partial charge is 0.414 e. The first-order valence-electron chi connectivity index (χ1n) is 5.43. The van der Waals surface area contributed by atoms with Gasteiger partial charge in [-0.1, -0.05) is 0 Å². The zero-order valence-corrected chi connectivity index (χ0v) is 15.0. The summed E-state index contributed by atoms with van der Waals surface area (Å²) in [6.07, 6.45) is -1.20. The molecule has 2 rings (SSSR count). The zero-order valence-electron chi connectivity index (χ0n) is 10.3. The number of carbonyl (C=O) groups is 2. The molecule has 1 atom stereocenters. The van der Waals surface area contributed by atoms with Gasteiger partial charge in [-0.2, -0.15) is 0 Å². The summed E-state index contributed by atoms with van der Waals surface area (Å²) in [5.41, 5.74) is 8.36. The molecule has 0 spiro atoms. The second-order valence-electron chi connectivity index (χ2n) is 3.93. The maximum absolute atomic E-state index is 13.7. The number of anilines is 1. The van der Waals surface area contributed by atoms with Gasteiger partial charge in [0.15, 0.2) is 0 Å². The summed E-state index contributed by atoms with van der Waals surface area (Å²) in [5.74, 6) is -1.84. The molecule has 1 aliphatic heterocycles. The third kappa shape index (κ3) is 3.47. The van der Waals surface area contributed by atoms with Crippen molar-refractivity contribution in [2.45, 2.75) is 6.10 Å². The predicted octanol–water partition coefficient (Wildman–Crippen LogP) is 1.32. The maximum atomic E-state index is 13.7. The molecule has 0 aliphatic carbocycles. The molecule has 0 bridgehead atoms. The number of benzene rings is 1. The van der Waals surface area contributed by atoms with E-state index >= 15 is 0 Å². The van der Waals surface area contributed by atoms with Gasteiger partial charge in [-0.15, -0.1) is 6.54 Å². The van der Waals surface area contributed by atoms with Crippen LogP contribution in [0.1, 0.15) is 10.4 Å². The minimum absolute atomic E-state index is 0. The van der Waals surface area contributed by atoms with Gasteiger partial charge in [0.1, 0.15) is 11.9 Å². The largest absolute Gasteiger partial charge is 0.674 e. The first-order valence-corrected chi connectivity index (χ1v) is 5.43. The van der Waals surface area contributed by atoms with Gasteiger partial charge in [0, 0.05) is 44.1 Å². The van der Waals surface area contributed by atoms with Crippen LogP contribution in [-0.2, 0) is 4.74 Å². The van der Waals surface area contributed by atoms with Crippen LogP contribution in [0.15, 0.2) is 18.2 Å². The Morgan fingerprint density at radius 3 is 2.80 bits per heavy atom. The van der Waals surface area contributed by atoms with Crippen LogP contribution in [0.5, 0.6) is 0 Å². The molecule has 0 aromatic heterocycles. The molecule has 1 aromatic carbocycles. The van der Waals surface area contributed by atoms with Crippen LogP contribution in [-0.4, -0.2) is 36.4 Å². The van der Waals surface area contributed by atoms with Crippen LogP contribution in [0.3, 0.4) is 0 Å². The number of hydrogen-bond donors (Lipinski definition) is 2. The molecule has 1 fully saturated rings. The van der Waals surface area contributed by atoms with Crippen LogP contribution < -0.4 is 10.4 Å². The van der Waals surface area contributed by atoms with Crippen molar-refractivity contribution in [3.05, 3.63) is 35.3 Å². The molecule has 1 aromatic rings. The van der Waals surface area contributed by atoms with E-state index in [4.69, 9.17) is 15.7 Å². The normalized spacial score (nSPS) is 17.4. The van der Waals surface area contributed by atoms with Crippen molar-refractivity contribution in [3.8, 4) is 0 Å². The van der Waals surface area contributed by atoms with Crippen molar-refractivity contribution in [2.24, 2.45) is 0 Å². The first kappa shape index (κ1) is 17.3. The number of hydroxylamine groups is 1.